The van der Waals surface area contributed by atoms with Gasteiger partial charge in [0.2, 0.25) is 5.28 Å². The maximum absolute atomic E-state index is 14.0. The van der Waals surface area contributed by atoms with E-state index in [4.69, 9.17) is 16.3 Å². The molecule has 1 heterocycles. The van der Waals surface area contributed by atoms with Gasteiger partial charge in [0.25, 0.3) is 5.56 Å². The van der Waals surface area contributed by atoms with E-state index >= 15 is 0 Å². The fourth-order valence-electron chi connectivity index (χ4n) is 2.00. The zero-order valence-corrected chi connectivity index (χ0v) is 11.5. The molecular weight excluding hydrogens is 295 g/mol. The molecule has 0 bridgehead atoms. The van der Waals surface area contributed by atoms with Crippen LogP contribution in [0.3, 0.4) is 0 Å². The van der Waals surface area contributed by atoms with Crippen molar-refractivity contribution in [3.05, 3.63) is 69.5 Å². The van der Waals surface area contributed by atoms with Gasteiger partial charge in [0.05, 0.1) is 5.52 Å². The SMILES string of the molecule is O=c1[nH]c(Cl)nc2cc(OCc3ccccc3)cc(F)c12. The number of hydrogen-bond acceptors (Lipinski definition) is 3. The summed E-state index contributed by atoms with van der Waals surface area (Å²) in [6.45, 7) is 0.294. The molecule has 0 unspecified atom stereocenters. The molecule has 0 fully saturated rings. The van der Waals surface area contributed by atoms with Crippen LogP contribution in [0, 0.1) is 5.82 Å². The van der Waals surface area contributed by atoms with Gasteiger partial charge >= 0.3 is 0 Å². The van der Waals surface area contributed by atoms with Crippen LogP contribution in [-0.4, -0.2) is 9.97 Å². The Labute approximate surface area is 124 Å². The Morgan fingerprint density at radius 1 is 1.24 bits per heavy atom. The lowest BCUT2D eigenvalue weighted by Crippen LogP contribution is -2.10. The highest BCUT2D eigenvalue weighted by molar-refractivity contribution is 6.28. The van der Waals surface area contributed by atoms with E-state index in [0.717, 1.165) is 11.6 Å². The summed E-state index contributed by atoms with van der Waals surface area (Å²) in [5, 5.41) is -0.224. The van der Waals surface area contributed by atoms with Crippen LogP contribution in [0.1, 0.15) is 5.56 Å². The predicted molar refractivity (Wildman–Crippen MR) is 78.1 cm³/mol. The molecular formula is C15H10ClFN2O2. The third-order valence-electron chi connectivity index (χ3n) is 2.95. The van der Waals surface area contributed by atoms with Crippen LogP contribution < -0.4 is 10.3 Å². The molecule has 0 atom stereocenters. The van der Waals surface area contributed by atoms with E-state index in [9.17, 15) is 9.18 Å². The predicted octanol–water partition coefficient (Wildman–Crippen LogP) is 3.29. The van der Waals surface area contributed by atoms with Gasteiger partial charge in [-0.05, 0) is 17.2 Å². The number of aromatic nitrogens is 2. The first-order valence-corrected chi connectivity index (χ1v) is 6.57. The molecule has 4 nitrogen and oxygen atoms in total. The van der Waals surface area contributed by atoms with E-state index in [2.05, 4.69) is 9.97 Å². The van der Waals surface area contributed by atoms with E-state index in [1.165, 1.54) is 6.07 Å². The largest absolute Gasteiger partial charge is 0.489 e. The van der Waals surface area contributed by atoms with Gasteiger partial charge in [-0.2, -0.15) is 0 Å². The molecule has 1 N–H and O–H groups in total. The summed E-state index contributed by atoms with van der Waals surface area (Å²) in [4.78, 5) is 17.8. The van der Waals surface area contributed by atoms with Gasteiger partial charge in [-0.25, -0.2) is 9.37 Å². The number of nitrogens with one attached hydrogen (secondary N) is 1. The van der Waals surface area contributed by atoms with Gasteiger partial charge in [0, 0.05) is 12.1 Å². The van der Waals surface area contributed by atoms with Crippen LogP contribution in [0.4, 0.5) is 4.39 Å². The molecule has 6 heteroatoms. The highest BCUT2D eigenvalue weighted by Crippen LogP contribution is 2.22. The quantitative estimate of drug-likeness (QED) is 0.755. The van der Waals surface area contributed by atoms with Crippen molar-refractivity contribution in [1.82, 2.24) is 9.97 Å². The third-order valence-corrected chi connectivity index (χ3v) is 3.13. The Hall–Kier alpha value is -2.40. The highest BCUT2D eigenvalue weighted by atomic mass is 35.5. The van der Waals surface area contributed by atoms with Crippen LogP contribution in [-0.2, 0) is 6.61 Å². The van der Waals surface area contributed by atoms with E-state index in [1.807, 2.05) is 30.3 Å². The van der Waals surface area contributed by atoms with E-state index in [0.29, 0.717) is 6.61 Å². The van der Waals surface area contributed by atoms with E-state index < -0.39 is 11.4 Å². The second-order valence-electron chi connectivity index (χ2n) is 4.43. The molecule has 0 spiro atoms. The third kappa shape index (κ3) is 2.87. The van der Waals surface area contributed by atoms with Gasteiger partial charge in [-0.15, -0.1) is 0 Å². The zero-order valence-electron chi connectivity index (χ0n) is 10.8. The monoisotopic (exact) mass is 304 g/mol. The molecule has 21 heavy (non-hydrogen) atoms. The summed E-state index contributed by atoms with van der Waals surface area (Å²) >= 11 is 5.67. The second kappa shape index (κ2) is 5.54. The minimum Gasteiger partial charge on any atom is -0.489 e. The number of ether oxygens (including phenoxy) is 1. The van der Waals surface area contributed by atoms with Crippen LogP contribution in [0.15, 0.2) is 47.3 Å². The summed E-state index contributed by atoms with van der Waals surface area (Å²) in [6, 6.07) is 12.1. The minimum atomic E-state index is -0.694. The van der Waals surface area contributed by atoms with Crippen LogP contribution >= 0.6 is 11.6 Å². The Morgan fingerprint density at radius 2 is 2.00 bits per heavy atom. The normalized spacial score (nSPS) is 10.8. The topological polar surface area (TPSA) is 55.0 Å². The van der Waals surface area contributed by atoms with Gasteiger partial charge in [-0.3, -0.25) is 9.78 Å². The number of aromatic amines is 1. The van der Waals surface area contributed by atoms with Crippen molar-refractivity contribution >= 4 is 22.5 Å². The molecule has 0 saturated carbocycles. The first-order valence-electron chi connectivity index (χ1n) is 6.19. The Kier molecular flexibility index (Phi) is 3.58. The summed E-state index contributed by atoms with van der Waals surface area (Å²) < 4.78 is 19.5. The standard InChI is InChI=1S/C15H10ClFN2O2/c16-15-18-12-7-10(6-11(17)13(12)14(20)19-15)21-8-9-4-2-1-3-5-9/h1-7H,8H2,(H,18,19,20). The molecule has 1 aromatic heterocycles. The van der Waals surface area contributed by atoms with Gasteiger partial charge < -0.3 is 4.74 Å². The first kappa shape index (κ1) is 13.6. The number of rotatable bonds is 3. The highest BCUT2D eigenvalue weighted by Gasteiger charge is 2.11. The molecule has 3 rings (SSSR count). The molecule has 0 aliphatic rings. The zero-order chi connectivity index (χ0) is 14.8. The second-order valence-corrected chi connectivity index (χ2v) is 4.79. The van der Waals surface area contributed by atoms with Crippen molar-refractivity contribution < 1.29 is 9.13 Å². The molecule has 0 saturated heterocycles. The van der Waals surface area contributed by atoms with Crippen LogP contribution in [0.25, 0.3) is 10.9 Å². The van der Waals surface area contributed by atoms with Crippen LogP contribution in [0.2, 0.25) is 5.28 Å². The molecule has 2 aromatic carbocycles. The molecule has 106 valence electrons. The summed E-state index contributed by atoms with van der Waals surface area (Å²) in [7, 11) is 0. The number of fused-ring (bicyclic) bond motifs is 1. The Bertz CT molecular complexity index is 849. The maximum Gasteiger partial charge on any atom is 0.262 e. The Morgan fingerprint density at radius 3 is 2.76 bits per heavy atom. The van der Waals surface area contributed by atoms with Crippen molar-refractivity contribution in [2.45, 2.75) is 6.61 Å². The number of benzene rings is 2. The molecule has 3 aromatic rings. The molecule has 0 aliphatic heterocycles. The number of H-pyrrole nitrogens is 1. The fourth-order valence-corrected chi connectivity index (χ4v) is 2.17. The van der Waals surface area contributed by atoms with Crippen molar-refractivity contribution in [2.75, 3.05) is 0 Å². The number of nitrogens with zero attached hydrogens (tertiary/aromatic N) is 1. The number of halogens is 2. The van der Waals surface area contributed by atoms with Gasteiger partial charge in [0.1, 0.15) is 23.6 Å². The lowest BCUT2D eigenvalue weighted by atomic mass is 10.2. The van der Waals surface area contributed by atoms with Crippen molar-refractivity contribution in [3.63, 3.8) is 0 Å². The molecule has 0 radical (unpaired) electrons. The van der Waals surface area contributed by atoms with Gasteiger partial charge in [-0.1, -0.05) is 30.3 Å². The molecule has 0 amide bonds. The average molecular weight is 305 g/mol. The number of hydrogen-bond donors (Lipinski definition) is 1. The average Bonchev–Trinajstić information content (AvgIpc) is 2.45. The van der Waals surface area contributed by atoms with Crippen molar-refractivity contribution in [2.24, 2.45) is 0 Å². The summed E-state index contributed by atoms with van der Waals surface area (Å²) in [5.74, 6) is -0.404. The lowest BCUT2D eigenvalue weighted by molar-refractivity contribution is 0.305. The lowest BCUT2D eigenvalue weighted by Gasteiger charge is -2.08. The van der Waals surface area contributed by atoms with Crippen LogP contribution in [0.5, 0.6) is 5.75 Å². The van der Waals surface area contributed by atoms with Gasteiger partial charge in [0.15, 0.2) is 0 Å². The first-order chi connectivity index (χ1) is 10.1. The minimum absolute atomic E-state index is 0.0906. The van der Waals surface area contributed by atoms with E-state index in [-0.39, 0.29) is 21.9 Å². The van der Waals surface area contributed by atoms with E-state index in [1.54, 1.807) is 0 Å². The smallest absolute Gasteiger partial charge is 0.262 e. The summed E-state index contributed by atoms with van der Waals surface area (Å²) in [6.07, 6.45) is 0. The van der Waals surface area contributed by atoms with Crippen molar-refractivity contribution in [3.8, 4) is 5.75 Å². The summed E-state index contributed by atoms with van der Waals surface area (Å²) in [5.41, 5.74) is 0.499. The fraction of sp³-hybridized carbons (Fsp3) is 0.0667. The maximum atomic E-state index is 14.0. The Balaban J connectivity index is 1.95. The van der Waals surface area contributed by atoms with Crippen molar-refractivity contribution in [1.29, 1.82) is 0 Å². The molecule has 0 aliphatic carbocycles.